The molecular formula is C98H69BrN4O2. The van der Waals surface area contributed by atoms with Crippen molar-refractivity contribution < 1.29 is 0 Å². The molecule has 0 atom stereocenters. The van der Waals surface area contributed by atoms with Crippen LogP contribution in [0.15, 0.2) is 427 Å². The zero-order valence-electron chi connectivity index (χ0n) is 57.3. The Morgan fingerprint density at radius 2 is 0.467 bits per heavy atom. The molecule has 6 nitrogen and oxygen atoms in total. The monoisotopic (exact) mass is 1410 g/mol. The van der Waals surface area contributed by atoms with E-state index in [1.54, 1.807) is 0 Å². The summed E-state index contributed by atoms with van der Waals surface area (Å²) in [5.74, 6) is 0. The first-order chi connectivity index (χ1) is 51.8. The van der Waals surface area contributed by atoms with Crippen molar-refractivity contribution in [3.05, 3.63) is 437 Å². The van der Waals surface area contributed by atoms with E-state index in [2.05, 4.69) is 339 Å². The summed E-state index contributed by atoms with van der Waals surface area (Å²) in [7, 11) is 0. The second kappa shape index (κ2) is 30.4. The largest absolute Gasteiger partial charge is 0.354 e. The fourth-order valence-corrected chi connectivity index (χ4v) is 14.3. The minimum absolute atomic E-state index is 0.0585. The van der Waals surface area contributed by atoms with Gasteiger partial charge in [-0.3, -0.25) is 9.59 Å². The molecule has 16 aromatic carbocycles. The first-order valence-electron chi connectivity index (χ1n) is 35.1. The Bertz CT molecular complexity index is 5870. The molecule has 18 aromatic rings. The molecule has 0 radical (unpaired) electrons. The number of aromatic nitrogens is 2. The molecule has 0 aliphatic heterocycles. The zero-order chi connectivity index (χ0) is 70.8. The Kier molecular flexibility index (Phi) is 19.1. The number of rotatable bonds is 13. The standard InChI is InChI=1S/C49H34N2O.C36H26BrN.C13H9NO/c52-49-45-18-7-9-20-47(45)51(48-21-10-8-19-46(48)49)44-17-11-16-40(34-44)39-26-32-43(33-27-39)50(41-28-22-37(23-29-41)35-12-3-1-4-13-35)42-30-24-38(25-31-42)36-14-5-2-6-15-36;37-33-13-7-12-32(26-33)31-18-24-36(25-19-31)38(34-20-14-29(15-21-34)27-8-3-1-4-9-27)35-22-16-30(17-23-35)28-10-5-2-6-11-28;15-13-9-5-1-3-7-11(9)14-12-8-4-2-6-10(12)13/h1-34H;1-26H;1-8H,(H,14,15). The molecule has 0 saturated heterocycles. The van der Waals surface area contributed by atoms with Crippen LogP contribution in [0.3, 0.4) is 0 Å². The molecule has 0 amide bonds. The number of benzene rings is 16. The molecule has 2 heterocycles. The van der Waals surface area contributed by atoms with Crippen LogP contribution in [0.4, 0.5) is 34.1 Å². The molecule has 0 unspecified atom stereocenters. The Hall–Kier alpha value is -13.5. The van der Waals surface area contributed by atoms with Crippen molar-refractivity contribution in [3.63, 3.8) is 0 Å². The molecule has 0 spiro atoms. The van der Waals surface area contributed by atoms with E-state index < -0.39 is 0 Å². The zero-order valence-corrected chi connectivity index (χ0v) is 58.9. The van der Waals surface area contributed by atoms with Crippen LogP contribution in [-0.2, 0) is 0 Å². The van der Waals surface area contributed by atoms with E-state index in [1.807, 2.05) is 109 Å². The molecule has 105 heavy (non-hydrogen) atoms. The third kappa shape index (κ3) is 14.3. The van der Waals surface area contributed by atoms with E-state index in [0.717, 1.165) is 88.3 Å². The number of para-hydroxylation sites is 4. The summed E-state index contributed by atoms with van der Waals surface area (Å²) in [4.78, 5) is 33.3. The van der Waals surface area contributed by atoms with Gasteiger partial charge in [-0.2, -0.15) is 0 Å². The lowest BCUT2D eigenvalue weighted by molar-refractivity contribution is 1.16. The van der Waals surface area contributed by atoms with Crippen molar-refractivity contribution >= 4 is 93.7 Å². The van der Waals surface area contributed by atoms with Crippen LogP contribution in [-0.4, -0.2) is 9.55 Å². The van der Waals surface area contributed by atoms with Crippen LogP contribution >= 0.6 is 15.9 Å². The van der Waals surface area contributed by atoms with Crippen molar-refractivity contribution in [3.8, 4) is 72.4 Å². The van der Waals surface area contributed by atoms with Crippen molar-refractivity contribution in [2.24, 2.45) is 0 Å². The Balaban J connectivity index is 0.000000139. The summed E-state index contributed by atoms with van der Waals surface area (Å²) in [5, 5.41) is 2.92. The number of nitrogens with zero attached hydrogens (tertiary/aromatic N) is 3. The predicted octanol–water partition coefficient (Wildman–Crippen LogP) is 26.2. The average molecular weight is 1410 g/mol. The second-order valence-electron chi connectivity index (χ2n) is 25.7. The van der Waals surface area contributed by atoms with Crippen LogP contribution in [0.5, 0.6) is 0 Å². The number of anilines is 6. The highest BCUT2D eigenvalue weighted by atomic mass is 79.9. The molecule has 0 aliphatic carbocycles. The predicted molar refractivity (Wildman–Crippen MR) is 445 cm³/mol. The van der Waals surface area contributed by atoms with Gasteiger partial charge in [0.15, 0.2) is 10.9 Å². The summed E-state index contributed by atoms with van der Waals surface area (Å²) in [6.45, 7) is 0. The summed E-state index contributed by atoms with van der Waals surface area (Å²) >= 11 is 3.60. The molecule has 0 aliphatic rings. The van der Waals surface area contributed by atoms with E-state index in [4.69, 9.17) is 0 Å². The third-order valence-corrected chi connectivity index (χ3v) is 19.7. The maximum atomic E-state index is 13.4. The van der Waals surface area contributed by atoms with E-state index in [0.29, 0.717) is 10.8 Å². The second-order valence-corrected chi connectivity index (χ2v) is 26.6. The van der Waals surface area contributed by atoms with Gasteiger partial charge in [-0.25, -0.2) is 0 Å². The van der Waals surface area contributed by atoms with Crippen molar-refractivity contribution in [1.82, 2.24) is 9.55 Å². The molecule has 0 fully saturated rings. The lowest BCUT2D eigenvalue weighted by atomic mass is 10.0. The normalized spacial score (nSPS) is 11.0. The van der Waals surface area contributed by atoms with Gasteiger partial charge in [0.05, 0.1) is 11.0 Å². The van der Waals surface area contributed by atoms with Crippen LogP contribution in [0.1, 0.15) is 0 Å². The lowest BCUT2D eigenvalue weighted by Gasteiger charge is -2.26. The highest BCUT2D eigenvalue weighted by Gasteiger charge is 2.18. The van der Waals surface area contributed by atoms with Crippen molar-refractivity contribution in [2.45, 2.75) is 0 Å². The minimum Gasteiger partial charge on any atom is -0.354 e. The molecule has 500 valence electrons. The summed E-state index contributed by atoms with van der Waals surface area (Å²) in [5.41, 5.74) is 25.5. The molecule has 2 aromatic heterocycles. The number of nitrogens with one attached hydrogen (secondary N) is 1. The number of fused-ring (bicyclic) bond motifs is 4. The van der Waals surface area contributed by atoms with E-state index >= 15 is 0 Å². The van der Waals surface area contributed by atoms with E-state index in [1.165, 1.54) is 55.6 Å². The third-order valence-electron chi connectivity index (χ3n) is 19.2. The van der Waals surface area contributed by atoms with Gasteiger partial charge in [0.25, 0.3) is 0 Å². The topological polar surface area (TPSA) is 61.3 Å². The van der Waals surface area contributed by atoms with Crippen molar-refractivity contribution in [2.75, 3.05) is 9.80 Å². The highest BCUT2D eigenvalue weighted by Crippen LogP contribution is 2.41. The number of aromatic amines is 1. The molecule has 7 heteroatoms. The fraction of sp³-hybridized carbons (Fsp3) is 0. The quantitative estimate of drug-likeness (QED) is 0.117. The smallest absolute Gasteiger partial charge is 0.197 e. The van der Waals surface area contributed by atoms with Crippen LogP contribution in [0, 0.1) is 0 Å². The van der Waals surface area contributed by atoms with Gasteiger partial charge in [-0.05, 0) is 212 Å². The van der Waals surface area contributed by atoms with Crippen LogP contribution in [0.2, 0.25) is 0 Å². The van der Waals surface area contributed by atoms with Gasteiger partial charge in [-0.15, -0.1) is 0 Å². The van der Waals surface area contributed by atoms with Crippen LogP contribution < -0.4 is 20.7 Å². The molecule has 1 N–H and O–H groups in total. The molecule has 0 bridgehead atoms. The fourth-order valence-electron chi connectivity index (χ4n) is 13.9. The van der Waals surface area contributed by atoms with Gasteiger partial charge in [-0.1, -0.05) is 283 Å². The van der Waals surface area contributed by atoms with Gasteiger partial charge < -0.3 is 19.4 Å². The van der Waals surface area contributed by atoms with E-state index in [9.17, 15) is 9.59 Å². The first-order valence-corrected chi connectivity index (χ1v) is 35.9. The number of H-pyrrole nitrogens is 1. The average Bonchev–Trinajstić information content (AvgIpc) is 0.749. The van der Waals surface area contributed by atoms with Gasteiger partial charge in [0.1, 0.15) is 0 Å². The highest BCUT2D eigenvalue weighted by molar-refractivity contribution is 9.10. The van der Waals surface area contributed by atoms with Gasteiger partial charge >= 0.3 is 0 Å². The number of halogens is 1. The number of hydrogen-bond donors (Lipinski definition) is 1. The van der Waals surface area contributed by atoms with Gasteiger partial charge in [0.2, 0.25) is 0 Å². The molecule has 18 rings (SSSR count). The Labute approximate surface area is 618 Å². The van der Waals surface area contributed by atoms with Crippen molar-refractivity contribution in [1.29, 1.82) is 0 Å². The summed E-state index contributed by atoms with van der Waals surface area (Å²) < 4.78 is 3.28. The lowest BCUT2D eigenvalue weighted by Crippen LogP contribution is -2.10. The number of pyridine rings is 2. The maximum Gasteiger partial charge on any atom is 0.197 e. The SMILES string of the molecule is Brc1cccc(-c2ccc(N(c3ccc(-c4ccccc4)cc3)c3ccc(-c4ccccc4)cc3)cc2)c1.O=c1c2ccccc2[nH]c2ccccc12.O=c1c2ccccc2n(-c2cccc(-c3ccc(N(c4ccc(-c5ccccc5)cc4)c4ccc(-c5ccccc5)cc4)cc3)c2)c2ccccc12. The maximum absolute atomic E-state index is 13.4. The minimum atomic E-state index is 0.0585. The molecular weight excluding hydrogens is 1350 g/mol. The Morgan fingerprint density at radius 3 is 0.800 bits per heavy atom. The summed E-state index contributed by atoms with van der Waals surface area (Å²) in [6, 6.07) is 143. The Morgan fingerprint density at radius 1 is 0.219 bits per heavy atom. The summed E-state index contributed by atoms with van der Waals surface area (Å²) in [6.07, 6.45) is 0. The van der Waals surface area contributed by atoms with Gasteiger partial charge in [0, 0.05) is 76.9 Å². The number of hydrogen-bond acceptors (Lipinski definition) is 4. The first kappa shape index (κ1) is 66.1. The van der Waals surface area contributed by atoms with Crippen LogP contribution in [0.25, 0.3) is 116 Å². The molecule has 0 saturated carbocycles. The van der Waals surface area contributed by atoms with E-state index in [-0.39, 0.29) is 10.9 Å².